The topological polar surface area (TPSA) is 50.5 Å². The van der Waals surface area contributed by atoms with Gasteiger partial charge in [0, 0.05) is 30.9 Å². The van der Waals surface area contributed by atoms with Gasteiger partial charge in [0.25, 0.3) is 0 Å². The molecule has 1 heterocycles. The molecule has 1 aromatic carbocycles. The highest BCUT2D eigenvalue weighted by molar-refractivity contribution is 5.66. The third kappa shape index (κ3) is 2.53. The number of piperidine rings is 1. The molecule has 1 aromatic rings. The number of nitrogen functional groups attached to an aromatic ring is 1. The minimum Gasteiger partial charge on any atom is -0.495 e. The van der Waals surface area contributed by atoms with E-state index in [9.17, 15) is 0 Å². The molecule has 0 unspecified atom stereocenters. The largest absolute Gasteiger partial charge is 0.495 e. The summed E-state index contributed by atoms with van der Waals surface area (Å²) in [7, 11) is 3.70. The second kappa shape index (κ2) is 5.48. The molecule has 0 amide bonds. The molecule has 0 aliphatic carbocycles. The van der Waals surface area contributed by atoms with Crippen molar-refractivity contribution in [1.82, 2.24) is 5.32 Å². The summed E-state index contributed by atoms with van der Waals surface area (Å²) in [6.07, 6.45) is 2.37. The number of aryl methyl sites for hydroxylation is 1. The lowest BCUT2D eigenvalue weighted by molar-refractivity contribution is 0.415. The number of benzene rings is 1. The second-order valence-corrected chi connectivity index (χ2v) is 4.93. The van der Waals surface area contributed by atoms with Gasteiger partial charge in [0.05, 0.1) is 12.8 Å². The molecule has 1 fully saturated rings. The van der Waals surface area contributed by atoms with Gasteiger partial charge in [0.2, 0.25) is 0 Å². The number of nitrogens with two attached hydrogens (primary N) is 1. The Bertz CT molecular complexity index is 412. The fraction of sp³-hybridized carbons (Fsp3) is 0.571. The SMILES string of the molecule is CNC1CCN(c2cc(OC)c(N)cc2C)CC1. The third-order valence-electron chi connectivity index (χ3n) is 3.79. The Labute approximate surface area is 109 Å². The van der Waals surface area contributed by atoms with Crippen molar-refractivity contribution in [3.05, 3.63) is 17.7 Å². The van der Waals surface area contributed by atoms with Gasteiger partial charge < -0.3 is 20.7 Å². The smallest absolute Gasteiger partial charge is 0.143 e. The van der Waals surface area contributed by atoms with E-state index in [1.807, 2.05) is 13.1 Å². The van der Waals surface area contributed by atoms with E-state index in [2.05, 4.69) is 23.2 Å². The summed E-state index contributed by atoms with van der Waals surface area (Å²) in [6, 6.07) is 4.71. The first-order valence-electron chi connectivity index (χ1n) is 6.52. The van der Waals surface area contributed by atoms with E-state index in [1.54, 1.807) is 7.11 Å². The van der Waals surface area contributed by atoms with Gasteiger partial charge in [-0.25, -0.2) is 0 Å². The Morgan fingerprint density at radius 1 is 1.33 bits per heavy atom. The fourth-order valence-corrected chi connectivity index (χ4v) is 2.63. The van der Waals surface area contributed by atoms with Gasteiger partial charge in [-0.15, -0.1) is 0 Å². The molecule has 1 aliphatic rings. The Hall–Kier alpha value is -1.42. The van der Waals surface area contributed by atoms with Gasteiger partial charge in [-0.3, -0.25) is 0 Å². The summed E-state index contributed by atoms with van der Waals surface area (Å²) in [6.45, 7) is 4.27. The van der Waals surface area contributed by atoms with Crippen LogP contribution in [0, 0.1) is 6.92 Å². The number of anilines is 2. The maximum Gasteiger partial charge on any atom is 0.143 e. The van der Waals surface area contributed by atoms with E-state index in [4.69, 9.17) is 10.5 Å². The van der Waals surface area contributed by atoms with Crippen molar-refractivity contribution >= 4 is 11.4 Å². The highest BCUT2D eigenvalue weighted by Crippen LogP contribution is 2.32. The number of nitrogens with zero attached hydrogens (tertiary/aromatic N) is 1. The van der Waals surface area contributed by atoms with Crippen molar-refractivity contribution in [2.75, 3.05) is 37.9 Å². The molecular formula is C14H23N3O. The normalized spacial score (nSPS) is 16.9. The van der Waals surface area contributed by atoms with Crippen LogP contribution in [0.15, 0.2) is 12.1 Å². The van der Waals surface area contributed by atoms with E-state index in [0.29, 0.717) is 11.7 Å². The van der Waals surface area contributed by atoms with E-state index >= 15 is 0 Å². The van der Waals surface area contributed by atoms with E-state index < -0.39 is 0 Å². The average Bonchev–Trinajstić information content (AvgIpc) is 2.39. The summed E-state index contributed by atoms with van der Waals surface area (Å²) < 4.78 is 5.31. The van der Waals surface area contributed by atoms with Gasteiger partial charge in [0.15, 0.2) is 0 Å². The van der Waals surface area contributed by atoms with Crippen LogP contribution in [-0.4, -0.2) is 33.3 Å². The van der Waals surface area contributed by atoms with Crippen molar-refractivity contribution in [3.8, 4) is 5.75 Å². The Balaban J connectivity index is 2.18. The Morgan fingerprint density at radius 3 is 2.56 bits per heavy atom. The molecule has 0 saturated carbocycles. The predicted molar refractivity (Wildman–Crippen MR) is 76.4 cm³/mol. The predicted octanol–water partition coefficient (Wildman–Crippen LogP) is 1.77. The number of nitrogens with one attached hydrogen (secondary N) is 1. The molecule has 18 heavy (non-hydrogen) atoms. The van der Waals surface area contributed by atoms with Crippen molar-refractivity contribution in [2.45, 2.75) is 25.8 Å². The molecule has 4 nitrogen and oxygen atoms in total. The summed E-state index contributed by atoms with van der Waals surface area (Å²) in [4.78, 5) is 2.42. The van der Waals surface area contributed by atoms with Crippen molar-refractivity contribution < 1.29 is 4.74 Å². The molecule has 3 N–H and O–H groups in total. The van der Waals surface area contributed by atoms with Gasteiger partial charge in [-0.05, 0) is 38.4 Å². The highest BCUT2D eigenvalue weighted by Gasteiger charge is 2.20. The Morgan fingerprint density at radius 2 is 2.00 bits per heavy atom. The zero-order valence-electron chi connectivity index (χ0n) is 11.5. The molecule has 100 valence electrons. The first-order chi connectivity index (χ1) is 8.65. The molecule has 0 aromatic heterocycles. The van der Waals surface area contributed by atoms with Crippen LogP contribution in [0.3, 0.4) is 0 Å². The number of hydrogen-bond acceptors (Lipinski definition) is 4. The van der Waals surface area contributed by atoms with Crippen LogP contribution >= 0.6 is 0 Å². The van der Waals surface area contributed by atoms with Crippen LogP contribution in [0.1, 0.15) is 18.4 Å². The maximum absolute atomic E-state index is 5.92. The average molecular weight is 249 g/mol. The minimum atomic E-state index is 0.650. The number of methoxy groups -OCH3 is 1. The van der Waals surface area contributed by atoms with E-state index in [0.717, 1.165) is 18.8 Å². The van der Waals surface area contributed by atoms with Crippen molar-refractivity contribution in [1.29, 1.82) is 0 Å². The monoisotopic (exact) mass is 249 g/mol. The quantitative estimate of drug-likeness (QED) is 0.802. The lowest BCUT2D eigenvalue weighted by Crippen LogP contribution is -2.41. The highest BCUT2D eigenvalue weighted by atomic mass is 16.5. The van der Waals surface area contributed by atoms with Crippen LogP contribution < -0.4 is 20.7 Å². The lowest BCUT2D eigenvalue weighted by atomic mass is 10.0. The molecule has 0 atom stereocenters. The zero-order chi connectivity index (χ0) is 13.1. The van der Waals surface area contributed by atoms with Crippen LogP contribution in [-0.2, 0) is 0 Å². The van der Waals surface area contributed by atoms with Crippen LogP contribution in [0.2, 0.25) is 0 Å². The molecule has 2 rings (SSSR count). The van der Waals surface area contributed by atoms with E-state index in [-0.39, 0.29) is 0 Å². The maximum atomic E-state index is 5.92. The summed E-state index contributed by atoms with van der Waals surface area (Å²) >= 11 is 0. The summed E-state index contributed by atoms with van der Waals surface area (Å²) in [5, 5.41) is 3.35. The summed E-state index contributed by atoms with van der Waals surface area (Å²) in [5.74, 6) is 0.770. The van der Waals surface area contributed by atoms with Gasteiger partial charge >= 0.3 is 0 Å². The number of hydrogen-bond donors (Lipinski definition) is 2. The van der Waals surface area contributed by atoms with Gasteiger partial charge in [-0.1, -0.05) is 0 Å². The lowest BCUT2D eigenvalue weighted by Gasteiger charge is -2.34. The number of rotatable bonds is 3. The minimum absolute atomic E-state index is 0.650. The fourth-order valence-electron chi connectivity index (χ4n) is 2.63. The first kappa shape index (κ1) is 13.0. The molecule has 0 spiro atoms. The third-order valence-corrected chi connectivity index (χ3v) is 3.79. The molecule has 4 heteroatoms. The molecule has 0 radical (unpaired) electrons. The number of ether oxygens (including phenoxy) is 1. The standard InChI is InChI=1S/C14H23N3O/c1-10-8-12(15)14(18-3)9-13(10)17-6-4-11(16-2)5-7-17/h8-9,11,16H,4-7,15H2,1-3H3. The molecular weight excluding hydrogens is 226 g/mol. The Kier molecular flexibility index (Phi) is 3.97. The zero-order valence-corrected chi connectivity index (χ0v) is 11.5. The van der Waals surface area contributed by atoms with Crippen molar-refractivity contribution in [3.63, 3.8) is 0 Å². The van der Waals surface area contributed by atoms with Gasteiger partial charge in [0.1, 0.15) is 5.75 Å². The second-order valence-electron chi connectivity index (χ2n) is 4.93. The molecule has 1 aliphatic heterocycles. The van der Waals surface area contributed by atoms with Crippen molar-refractivity contribution in [2.24, 2.45) is 0 Å². The first-order valence-corrected chi connectivity index (χ1v) is 6.52. The molecule has 1 saturated heterocycles. The van der Waals surface area contributed by atoms with Gasteiger partial charge in [-0.2, -0.15) is 0 Å². The van der Waals surface area contributed by atoms with Crippen LogP contribution in [0.25, 0.3) is 0 Å². The van der Waals surface area contributed by atoms with Crippen LogP contribution in [0.4, 0.5) is 11.4 Å². The summed E-state index contributed by atoms with van der Waals surface area (Å²) in [5.41, 5.74) is 9.10. The van der Waals surface area contributed by atoms with E-state index in [1.165, 1.54) is 24.1 Å². The van der Waals surface area contributed by atoms with Crippen LogP contribution in [0.5, 0.6) is 5.75 Å². The molecule has 0 bridgehead atoms.